The monoisotopic (exact) mass is 218 g/mol. The van der Waals surface area contributed by atoms with Gasteiger partial charge in [0.25, 0.3) is 0 Å². The normalized spacial score (nSPS) is 12.9. The summed E-state index contributed by atoms with van der Waals surface area (Å²) in [6, 6.07) is 5.95. The first-order chi connectivity index (χ1) is 7.58. The third-order valence-corrected chi connectivity index (χ3v) is 2.76. The topological polar surface area (TPSA) is 50.4 Å². The number of hydrogen-bond acceptors (Lipinski definition) is 2. The minimum absolute atomic E-state index is 0.387. The van der Waals surface area contributed by atoms with Gasteiger partial charge in [0.2, 0.25) is 0 Å². The summed E-state index contributed by atoms with van der Waals surface area (Å²) in [5, 5.41) is 9.88. The molecule has 1 aromatic carbocycles. The predicted octanol–water partition coefficient (Wildman–Crippen LogP) is 3.00. The molecule has 0 spiro atoms. The molecule has 84 valence electrons. The lowest BCUT2D eigenvalue weighted by molar-refractivity contribution is -0.141. The van der Waals surface area contributed by atoms with Crippen molar-refractivity contribution in [3.8, 4) is 0 Å². The van der Waals surface area contributed by atoms with E-state index in [-0.39, 0.29) is 5.92 Å². The Morgan fingerprint density at radius 3 is 2.94 bits per heavy atom. The van der Waals surface area contributed by atoms with E-state index in [4.69, 9.17) is 9.52 Å². The van der Waals surface area contributed by atoms with Crippen molar-refractivity contribution in [2.45, 2.75) is 20.3 Å². The number of furan rings is 1. The van der Waals surface area contributed by atoms with E-state index in [1.54, 1.807) is 13.2 Å². The van der Waals surface area contributed by atoms with Crippen LogP contribution in [-0.4, -0.2) is 11.1 Å². The molecule has 3 nitrogen and oxygen atoms in total. The molecule has 0 aliphatic heterocycles. The summed E-state index contributed by atoms with van der Waals surface area (Å²) in [5.41, 5.74) is 2.93. The van der Waals surface area contributed by atoms with E-state index < -0.39 is 5.97 Å². The number of hydrogen-bond donors (Lipinski definition) is 1. The lowest BCUT2D eigenvalue weighted by Crippen LogP contribution is -2.11. The number of carbonyl (C=O) groups is 1. The molecule has 1 aromatic heterocycles. The summed E-state index contributed by atoms with van der Waals surface area (Å²) >= 11 is 0. The molecule has 1 unspecified atom stereocenters. The molecule has 1 heterocycles. The minimum Gasteiger partial charge on any atom is -0.481 e. The second-order valence-corrected chi connectivity index (χ2v) is 4.20. The molecule has 0 aliphatic rings. The van der Waals surface area contributed by atoms with Crippen LogP contribution in [-0.2, 0) is 11.2 Å². The van der Waals surface area contributed by atoms with Crippen molar-refractivity contribution >= 4 is 16.9 Å². The summed E-state index contributed by atoms with van der Waals surface area (Å²) < 4.78 is 5.42. The van der Waals surface area contributed by atoms with Crippen molar-refractivity contribution in [2.24, 2.45) is 5.92 Å². The van der Waals surface area contributed by atoms with Gasteiger partial charge in [-0.25, -0.2) is 0 Å². The van der Waals surface area contributed by atoms with Crippen LogP contribution in [0, 0.1) is 12.8 Å². The van der Waals surface area contributed by atoms with E-state index in [2.05, 4.69) is 0 Å². The number of aryl methyl sites for hydroxylation is 1. The maximum Gasteiger partial charge on any atom is 0.306 e. The smallest absolute Gasteiger partial charge is 0.306 e. The first-order valence-corrected chi connectivity index (χ1v) is 5.27. The Labute approximate surface area is 93.7 Å². The van der Waals surface area contributed by atoms with E-state index in [0.717, 1.165) is 22.1 Å². The first kappa shape index (κ1) is 10.7. The van der Waals surface area contributed by atoms with Gasteiger partial charge in [-0.15, -0.1) is 0 Å². The van der Waals surface area contributed by atoms with Crippen LogP contribution >= 0.6 is 0 Å². The number of rotatable bonds is 3. The molecule has 3 heteroatoms. The fraction of sp³-hybridized carbons (Fsp3) is 0.308. The zero-order valence-electron chi connectivity index (χ0n) is 9.36. The second-order valence-electron chi connectivity index (χ2n) is 4.20. The third kappa shape index (κ3) is 1.94. The van der Waals surface area contributed by atoms with Crippen LogP contribution in [0.15, 0.2) is 28.9 Å². The predicted molar refractivity (Wildman–Crippen MR) is 61.5 cm³/mol. The average Bonchev–Trinajstić information content (AvgIpc) is 2.60. The maximum absolute atomic E-state index is 10.8. The average molecular weight is 218 g/mol. The molecule has 0 bridgehead atoms. The molecule has 16 heavy (non-hydrogen) atoms. The van der Waals surface area contributed by atoms with Gasteiger partial charge in [-0.1, -0.05) is 19.1 Å². The van der Waals surface area contributed by atoms with Crippen LogP contribution < -0.4 is 0 Å². The summed E-state index contributed by atoms with van der Waals surface area (Å²) in [4.78, 5) is 10.8. The molecule has 0 fully saturated rings. The van der Waals surface area contributed by atoms with Gasteiger partial charge in [-0.3, -0.25) is 4.79 Å². The van der Waals surface area contributed by atoms with Gasteiger partial charge in [0.05, 0.1) is 12.2 Å². The first-order valence-electron chi connectivity index (χ1n) is 5.27. The molecule has 0 saturated heterocycles. The lowest BCUT2D eigenvalue weighted by Gasteiger charge is -2.03. The lowest BCUT2D eigenvalue weighted by atomic mass is 10.0. The number of carboxylic acid groups (broad SMARTS) is 1. The molecular formula is C13H14O3. The van der Waals surface area contributed by atoms with Gasteiger partial charge in [0.1, 0.15) is 5.58 Å². The van der Waals surface area contributed by atoms with Crippen molar-refractivity contribution in [1.82, 2.24) is 0 Å². The molecule has 0 aliphatic carbocycles. The van der Waals surface area contributed by atoms with Crippen LogP contribution in [0.4, 0.5) is 0 Å². The molecule has 1 atom stereocenters. The fourth-order valence-electron chi connectivity index (χ4n) is 1.77. The van der Waals surface area contributed by atoms with Crippen molar-refractivity contribution in [3.63, 3.8) is 0 Å². The summed E-state index contributed by atoms with van der Waals surface area (Å²) in [5.74, 6) is -1.16. The zero-order chi connectivity index (χ0) is 11.7. The minimum atomic E-state index is -0.776. The highest BCUT2D eigenvalue weighted by molar-refractivity contribution is 5.82. The third-order valence-electron chi connectivity index (χ3n) is 2.76. The summed E-state index contributed by atoms with van der Waals surface area (Å²) in [6.45, 7) is 3.71. The van der Waals surface area contributed by atoms with Crippen LogP contribution in [0.2, 0.25) is 0 Å². The molecule has 1 N–H and O–H groups in total. The number of carboxylic acids is 1. The maximum atomic E-state index is 10.8. The van der Waals surface area contributed by atoms with Crippen molar-refractivity contribution in [2.75, 3.05) is 0 Å². The highest BCUT2D eigenvalue weighted by Gasteiger charge is 2.15. The Balaban J connectivity index is 2.35. The van der Waals surface area contributed by atoms with E-state index in [1.165, 1.54) is 0 Å². The van der Waals surface area contributed by atoms with Gasteiger partial charge in [0, 0.05) is 5.39 Å². The van der Waals surface area contributed by atoms with Gasteiger partial charge in [0.15, 0.2) is 0 Å². The standard InChI is InChI=1S/C13H14O3/c1-8-3-4-11-10(6-9(2)13(14)15)7-16-12(11)5-8/h3-5,7,9H,6H2,1-2H3,(H,14,15). The van der Waals surface area contributed by atoms with Crippen LogP contribution in [0.25, 0.3) is 11.0 Å². The Morgan fingerprint density at radius 1 is 1.50 bits per heavy atom. The van der Waals surface area contributed by atoms with Crippen LogP contribution in [0.5, 0.6) is 0 Å². The molecule has 0 saturated carbocycles. The molecular weight excluding hydrogens is 204 g/mol. The van der Waals surface area contributed by atoms with E-state index in [1.807, 2.05) is 25.1 Å². The summed E-state index contributed by atoms with van der Waals surface area (Å²) in [6.07, 6.45) is 2.16. The summed E-state index contributed by atoms with van der Waals surface area (Å²) in [7, 11) is 0. The second kappa shape index (κ2) is 4.00. The van der Waals surface area contributed by atoms with Crippen LogP contribution in [0.3, 0.4) is 0 Å². The molecule has 2 rings (SSSR count). The van der Waals surface area contributed by atoms with Gasteiger partial charge < -0.3 is 9.52 Å². The zero-order valence-corrected chi connectivity index (χ0v) is 9.36. The van der Waals surface area contributed by atoms with Crippen molar-refractivity contribution in [3.05, 3.63) is 35.6 Å². The van der Waals surface area contributed by atoms with E-state index in [0.29, 0.717) is 6.42 Å². The Bertz CT molecular complexity index is 525. The Kier molecular flexibility index (Phi) is 2.69. The van der Waals surface area contributed by atoms with Crippen molar-refractivity contribution in [1.29, 1.82) is 0 Å². The highest BCUT2D eigenvalue weighted by atomic mass is 16.4. The molecule has 0 amide bonds. The fourth-order valence-corrected chi connectivity index (χ4v) is 1.77. The van der Waals surface area contributed by atoms with Gasteiger partial charge >= 0.3 is 5.97 Å². The van der Waals surface area contributed by atoms with E-state index in [9.17, 15) is 4.79 Å². The number of fused-ring (bicyclic) bond motifs is 1. The molecule has 2 aromatic rings. The van der Waals surface area contributed by atoms with E-state index >= 15 is 0 Å². The molecule has 0 radical (unpaired) electrons. The van der Waals surface area contributed by atoms with Gasteiger partial charge in [-0.2, -0.15) is 0 Å². The quantitative estimate of drug-likeness (QED) is 0.861. The highest BCUT2D eigenvalue weighted by Crippen LogP contribution is 2.24. The van der Waals surface area contributed by atoms with Gasteiger partial charge in [-0.05, 0) is 30.5 Å². The number of aliphatic carboxylic acids is 1. The Hall–Kier alpha value is -1.77. The SMILES string of the molecule is Cc1ccc2c(CC(C)C(=O)O)coc2c1. The Morgan fingerprint density at radius 2 is 2.25 bits per heavy atom. The van der Waals surface area contributed by atoms with Crippen LogP contribution in [0.1, 0.15) is 18.1 Å². The largest absolute Gasteiger partial charge is 0.481 e. The van der Waals surface area contributed by atoms with Crippen molar-refractivity contribution < 1.29 is 14.3 Å². The number of benzene rings is 1.